The Labute approximate surface area is 89.9 Å². The van der Waals surface area contributed by atoms with Crippen molar-refractivity contribution in [1.29, 1.82) is 0 Å². The van der Waals surface area contributed by atoms with Gasteiger partial charge in [0.1, 0.15) is 10.5 Å². The predicted octanol–water partition coefficient (Wildman–Crippen LogP) is 2.26. The first-order valence-electron chi connectivity index (χ1n) is 3.38. The molecule has 0 saturated carbocycles. The fourth-order valence-corrected chi connectivity index (χ4v) is 1.52. The fourth-order valence-electron chi connectivity index (χ4n) is 1.00. The Hall–Kier alpha value is -1.13. The van der Waals surface area contributed by atoms with Gasteiger partial charge in [-0.3, -0.25) is 4.79 Å². The summed E-state index contributed by atoms with van der Waals surface area (Å²) in [6.07, 6.45) is 1.25. The molecule has 2 aromatic rings. The molecule has 14 heavy (non-hydrogen) atoms. The van der Waals surface area contributed by atoms with Crippen molar-refractivity contribution in [3.8, 4) is 0 Å². The minimum atomic E-state index is -0.320. The summed E-state index contributed by atoms with van der Waals surface area (Å²) in [5.74, 6) is 0. The van der Waals surface area contributed by atoms with E-state index in [1.54, 1.807) is 0 Å². The molecule has 4 nitrogen and oxygen atoms in total. The number of rotatable bonds is 0. The maximum Gasteiger partial charge on any atom is 0.261 e. The highest BCUT2D eigenvalue weighted by atomic mass is 35.5. The lowest BCUT2D eigenvalue weighted by Gasteiger charge is -1.97. The Morgan fingerprint density at radius 2 is 2.07 bits per heavy atom. The Morgan fingerprint density at radius 3 is 2.79 bits per heavy atom. The number of pyridine rings is 1. The summed E-state index contributed by atoms with van der Waals surface area (Å²) in [7, 11) is 0. The Bertz CT molecular complexity index is 523. The molecule has 74 valence electrons. The molecule has 0 aliphatic carbocycles. The molecule has 0 amide bonds. The van der Waals surface area contributed by atoms with Crippen molar-refractivity contribution < 1.29 is 0 Å². The van der Waals surface area contributed by atoms with Gasteiger partial charge in [0.15, 0.2) is 5.65 Å². The van der Waals surface area contributed by atoms with E-state index in [1.807, 2.05) is 0 Å². The van der Waals surface area contributed by atoms with Gasteiger partial charge in [0.05, 0.1) is 11.3 Å². The van der Waals surface area contributed by atoms with E-state index >= 15 is 0 Å². The number of aromatic amines is 1. The zero-order chi connectivity index (χ0) is 9.42. The van der Waals surface area contributed by atoms with Crippen LogP contribution in [0.2, 0.25) is 10.2 Å². The molecule has 0 bridgehead atoms. The van der Waals surface area contributed by atoms with Gasteiger partial charge in [-0.15, -0.1) is 0 Å². The molecule has 6 heteroatoms. The summed E-state index contributed by atoms with van der Waals surface area (Å²) < 4.78 is 0. The standard InChI is InChI=1S/C7H3Cl2N3O.CH4/c8-3-1-4(9)12-6-5(3)7(13)11-2-10-6;/h1-2H,(H,10,11,12,13);1H4. The van der Waals surface area contributed by atoms with E-state index < -0.39 is 0 Å². The van der Waals surface area contributed by atoms with E-state index in [9.17, 15) is 4.79 Å². The summed E-state index contributed by atoms with van der Waals surface area (Å²) in [5, 5.41) is 0.730. The van der Waals surface area contributed by atoms with Gasteiger partial charge in [-0.05, 0) is 6.07 Å². The van der Waals surface area contributed by atoms with Crippen LogP contribution in [0.4, 0.5) is 0 Å². The van der Waals surface area contributed by atoms with Gasteiger partial charge in [-0.1, -0.05) is 30.6 Å². The first kappa shape index (κ1) is 10.9. The summed E-state index contributed by atoms with van der Waals surface area (Å²) >= 11 is 11.4. The van der Waals surface area contributed by atoms with Crippen LogP contribution in [0.1, 0.15) is 7.43 Å². The molecule has 0 aliphatic rings. The molecule has 0 fully saturated rings. The molecule has 2 rings (SSSR count). The van der Waals surface area contributed by atoms with Crippen molar-refractivity contribution in [3.63, 3.8) is 0 Å². The van der Waals surface area contributed by atoms with E-state index in [1.165, 1.54) is 12.4 Å². The highest BCUT2D eigenvalue weighted by Gasteiger charge is 2.06. The highest BCUT2D eigenvalue weighted by Crippen LogP contribution is 2.20. The average Bonchev–Trinajstić information content (AvgIpc) is 2.02. The van der Waals surface area contributed by atoms with E-state index in [2.05, 4.69) is 15.0 Å². The van der Waals surface area contributed by atoms with Crippen LogP contribution in [0, 0.1) is 0 Å². The summed E-state index contributed by atoms with van der Waals surface area (Å²) in [4.78, 5) is 21.3. The number of nitrogens with zero attached hydrogens (tertiary/aromatic N) is 2. The minimum Gasteiger partial charge on any atom is -0.312 e. The number of hydrogen-bond acceptors (Lipinski definition) is 3. The number of H-pyrrole nitrogens is 1. The van der Waals surface area contributed by atoms with Crippen molar-refractivity contribution >= 4 is 34.2 Å². The van der Waals surface area contributed by atoms with Gasteiger partial charge in [-0.25, -0.2) is 9.97 Å². The van der Waals surface area contributed by atoms with Gasteiger partial charge < -0.3 is 4.98 Å². The molecule has 0 aliphatic heterocycles. The molecule has 0 saturated heterocycles. The molecule has 0 spiro atoms. The largest absolute Gasteiger partial charge is 0.312 e. The Morgan fingerprint density at radius 1 is 1.36 bits per heavy atom. The first-order valence-corrected chi connectivity index (χ1v) is 4.13. The molecule has 0 aromatic carbocycles. The average molecular weight is 232 g/mol. The number of fused-ring (bicyclic) bond motifs is 1. The number of aromatic nitrogens is 3. The molecule has 0 atom stereocenters. The Balaban J connectivity index is 0.000000980. The zero-order valence-electron chi connectivity index (χ0n) is 6.21. The van der Waals surface area contributed by atoms with Crippen molar-refractivity contribution in [2.45, 2.75) is 7.43 Å². The van der Waals surface area contributed by atoms with E-state index in [0.29, 0.717) is 0 Å². The van der Waals surface area contributed by atoms with Crippen LogP contribution in [0.5, 0.6) is 0 Å². The van der Waals surface area contributed by atoms with Crippen molar-refractivity contribution in [1.82, 2.24) is 15.0 Å². The first-order chi connectivity index (χ1) is 6.18. The van der Waals surface area contributed by atoms with Crippen LogP contribution in [0.3, 0.4) is 0 Å². The van der Waals surface area contributed by atoms with Gasteiger partial charge in [0.2, 0.25) is 0 Å². The highest BCUT2D eigenvalue weighted by molar-refractivity contribution is 6.37. The van der Waals surface area contributed by atoms with Crippen LogP contribution in [0.15, 0.2) is 17.2 Å². The number of nitrogens with one attached hydrogen (secondary N) is 1. The summed E-state index contributed by atoms with van der Waals surface area (Å²) in [5.41, 5.74) is -0.0691. The maximum absolute atomic E-state index is 11.2. The molecular formula is C8H7Cl2N3O. The van der Waals surface area contributed by atoms with Crippen LogP contribution < -0.4 is 5.56 Å². The molecule has 2 aromatic heterocycles. The minimum absolute atomic E-state index is 0. The third-order valence-corrected chi connectivity index (χ3v) is 2.02. The lowest BCUT2D eigenvalue weighted by molar-refractivity contribution is 1.14. The van der Waals surface area contributed by atoms with Crippen molar-refractivity contribution in [2.24, 2.45) is 0 Å². The van der Waals surface area contributed by atoms with Gasteiger partial charge in [0, 0.05) is 0 Å². The maximum atomic E-state index is 11.2. The lowest BCUT2D eigenvalue weighted by atomic mass is 10.3. The van der Waals surface area contributed by atoms with Gasteiger partial charge in [-0.2, -0.15) is 0 Å². The molecule has 2 heterocycles. The Kier molecular flexibility index (Phi) is 3.08. The number of halogens is 2. The van der Waals surface area contributed by atoms with Crippen LogP contribution in [0.25, 0.3) is 11.0 Å². The second-order valence-corrected chi connectivity index (χ2v) is 3.15. The van der Waals surface area contributed by atoms with Crippen molar-refractivity contribution in [3.05, 3.63) is 32.9 Å². The third-order valence-electron chi connectivity index (χ3n) is 1.53. The van der Waals surface area contributed by atoms with E-state index in [-0.39, 0.29) is 34.2 Å². The van der Waals surface area contributed by atoms with E-state index in [4.69, 9.17) is 23.2 Å². The molecule has 0 unspecified atom stereocenters. The topological polar surface area (TPSA) is 58.6 Å². The van der Waals surface area contributed by atoms with Crippen LogP contribution in [-0.4, -0.2) is 15.0 Å². The smallest absolute Gasteiger partial charge is 0.261 e. The SMILES string of the molecule is C.O=c1[nH]cnc2nc(Cl)cc(Cl)c12. The normalized spacial score (nSPS) is 9.86. The predicted molar refractivity (Wildman–Crippen MR) is 56.9 cm³/mol. The zero-order valence-corrected chi connectivity index (χ0v) is 7.73. The summed E-state index contributed by atoms with van der Waals surface area (Å²) in [6, 6.07) is 1.41. The van der Waals surface area contributed by atoms with Crippen LogP contribution >= 0.6 is 23.2 Å². The number of hydrogen-bond donors (Lipinski definition) is 1. The third kappa shape index (κ3) is 1.71. The van der Waals surface area contributed by atoms with E-state index in [0.717, 1.165) is 0 Å². The van der Waals surface area contributed by atoms with Crippen molar-refractivity contribution in [2.75, 3.05) is 0 Å². The summed E-state index contributed by atoms with van der Waals surface area (Å²) in [6.45, 7) is 0. The lowest BCUT2D eigenvalue weighted by Crippen LogP contribution is -2.07. The second kappa shape index (κ2) is 3.94. The van der Waals surface area contributed by atoms with Gasteiger partial charge >= 0.3 is 0 Å². The molecule has 1 N–H and O–H groups in total. The van der Waals surface area contributed by atoms with Crippen LogP contribution in [-0.2, 0) is 0 Å². The second-order valence-electron chi connectivity index (χ2n) is 2.36. The quantitative estimate of drug-likeness (QED) is 0.708. The van der Waals surface area contributed by atoms with Gasteiger partial charge in [0.25, 0.3) is 5.56 Å². The fraction of sp³-hybridized carbons (Fsp3) is 0.125. The monoisotopic (exact) mass is 231 g/mol. The molecular weight excluding hydrogens is 225 g/mol. The molecule has 0 radical (unpaired) electrons.